The first-order valence-electron chi connectivity index (χ1n) is 10.5. The molecule has 1 aromatic carbocycles. The third kappa shape index (κ3) is 3.24. The van der Waals surface area contributed by atoms with Gasteiger partial charge in [0.1, 0.15) is 0 Å². The van der Waals surface area contributed by atoms with Crippen LogP contribution in [0.1, 0.15) is 49.8 Å². The van der Waals surface area contributed by atoms with Crippen LogP contribution in [0, 0.1) is 0 Å². The van der Waals surface area contributed by atoms with E-state index in [9.17, 15) is 4.79 Å². The van der Waals surface area contributed by atoms with Gasteiger partial charge in [-0.15, -0.1) is 0 Å². The lowest BCUT2D eigenvalue weighted by Crippen LogP contribution is -2.56. The van der Waals surface area contributed by atoms with Crippen LogP contribution in [0.25, 0.3) is 10.9 Å². The number of fused-ring (bicyclic) bond motifs is 2. The molecule has 1 fully saturated rings. The average Bonchev–Trinajstić information content (AvgIpc) is 2.99. The lowest BCUT2D eigenvalue weighted by molar-refractivity contribution is 0.124. The van der Waals surface area contributed by atoms with Gasteiger partial charge in [-0.25, -0.2) is 4.79 Å². The molecule has 2 heterocycles. The second-order valence-electron chi connectivity index (χ2n) is 8.25. The van der Waals surface area contributed by atoms with Crippen molar-refractivity contribution in [2.45, 2.75) is 58.0 Å². The minimum Gasteiger partial charge on any atom is -0.349 e. The van der Waals surface area contributed by atoms with Gasteiger partial charge in [0.2, 0.25) is 0 Å². The highest BCUT2D eigenvalue weighted by Crippen LogP contribution is 2.45. The molecule has 1 aromatic heterocycles. The number of aromatic nitrogens is 1. The molecule has 1 aliphatic carbocycles. The van der Waals surface area contributed by atoms with E-state index < -0.39 is 0 Å². The SMILES string of the molecule is CCc1cc2c3c(c(Br)[nH]c3c1)C[C@@H]1[C@@H]2C[C@H](NC(=O)N(CC)CC)CN1C. The lowest BCUT2D eigenvalue weighted by atomic mass is 9.73. The Bertz CT molecular complexity index is 888. The van der Waals surface area contributed by atoms with Gasteiger partial charge in [-0.3, -0.25) is 0 Å². The van der Waals surface area contributed by atoms with Gasteiger partial charge in [0.05, 0.1) is 4.60 Å². The van der Waals surface area contributed by atoms with Gasteiger partial charge >= 0.3 is 6.03 Å². The zero-order chi connectivity index (χ0) is 20.0. The summed E-state index contributed by atoms with van der Waals surface area (Å²) in [5, 5.41) is 4.70. The summed E-state index contributed by atoms with van der Waals surface area (Å²) in [7, 11) is 2.21. The van der Waals surface area contributed by atoms with Gasteiger partial charge in [-0.2, -0.15) is 0 Å². The molecule has 4 rings (SSSR count). The Labute approximate surface area is 176 Å². The zero-order valence-electron chi connectivity index (χ0n) is 17.3. The second kappa shape index (κ2) is 7.71. The molecule has 0 saturated carbocycles. The number of nitrogens with one attached hydrogen (secondary N) is 2. The van der Waals surface area contributed by atoms with Gasteiger partial charge < -0.3 is 20.1 Å². The number of likely N-dealkylation sites (N-methyl/N-ethyl adjacent to an activating group) is 1. The largest absolute Gasteiger partial charge is 0.349 e. The summed E-state index contributed by atoms with van der Waals surface area (Å²) in [6, 6.07) is 5.43. The van der Waals surface area contributed by atoms with Crippen LogP contribution in [0.4, 0.5) is 4.79 Å². The van der Waals surface area contributed by atoms with Crippen molar-refractivity contribution in [3.63, 3.8) is 0 Å². The third-order valence-electron chi connectivity index (χ3n) is 6.72. The number of halogens is 1. The number of carbonyl (C=O) groups is 1. The maximum atomic E-state index is 12.6. The predicted molar refractivity (Wildman–Crippen MR) is 118 cm³/mol. The van der Waals surface area contributed by atoms with Crippen molar-refractivity contribution in [2.75, 3.05) is 26.7 Å². The van der Waals surface area contributed by atoms with Gasteiger partial charge in [0, 0.05) is 48.5 Å². The quantitative estimate of drug-likeness (QED) is 0.736. The highest BCUT2D eigenvalue weighted by molar-refractivity contribution is 9.10. The summed E-state index contributed by atoms with van der Waals surface area (Å²) in [5.41, 5.74) is 5.48. The maximum Gasteiger partial charge on any atom is 0.317 e. The molecule has 2 N–H and O–H groups in total. The highest BCUT2D eigenvalue weighted by atomic mass is 79.9. The standard InChI is InChI=1S/C22H31BrN4O/c1-5-13-8-16-15-10-14(24-22(28)27(6-2)7-3)12-26(4)19(15)11-17-20(16)18(9-13)25-21(17)23/h8-9,14-15,19,25H,5-7,10-12H2,1-4H3,(H,24,28)/t14-,15+,19+/m0/s1. The Hall–Kier alpha value is -1.53. The van der Waals surface area contributed by atoms with Gasteiger partial charge in [0.15, 0.2) is 0 Å². The number of aromatic amines is 1. The summed E-state index contributed by atoms with van der Waals surface area (Å²) >= 11 is 3.76. The molecule has 0 spiro atoms. The molecule has 2 aliphatic rings. The molecule has 0 bridgehead atoms. The number of benzene rings is 1. The maximum absolute atomic E-state index is 12.6. The molecular weight excluding hydrogens is 416 g/mol. The van der Waals surface area contributed by atoms with E-state index in [1.807, 2.05) is 18.7 Å². The number of hydrogen-bond acceptors (Lipinski definition) is 2. The van der Waals surface area contributed by atoms with Crippen molar-refractivity contribution in [2.24, 2.45) is 0 Å². The fourth-order valence-electron chi connectivity index (χ4n) is 5.20. The molecule has 6 heteroatoms. The number of urea groups is 1. The number of H-pyrrole nitrogens is 1. The van der Waals surface area contributed by atoms with E-state index in [1.165, 1.54) is 27.6 Å². The fourth-order valence-corrected chi connectivity index (χ4v) is 5.78. The minimum atomic E-state index is 0.0650. The molecule has 0 unspecified atom stereocenters. The van der Waals surface area contributed by atoms with Crippen LogP contribution in [-0.4, -0.2) is 59.6 Å². The van der Waals surface area contributed by atoms with Crippen molar-refractivity contribution in [3.8, 4) is 0 Å². The van der Waals surface area contributed by atoms with E-state index in [1.54, 1.807) is 0 Å². The highest BCUT2D eigenvalue weighted by Gasteiger charge is 2.41. The summed E-state index contributed by atoms with van der Waals surface area (Å²) in [5.74, 6) is 0.449. The van der Waals surface area contributed by atoms with Crippen LogP contribution in [-0.2, 0) is 12.8 Å². The predicted octanol–water partition coefficient (Wildman–Crippen LogP) is 4.26. The number of amides is 2. The molecule has 28 heavy (non-hydrogen) atoms. The monoisotopic (exact) mass is 446 g/mol. The first-order valence-corrected chi connectivity index (χ1v) is 11.3. The second-order valence-corrected chi connectivity index (χ2v) is 9.04. The van der Waals surface area contributed by atoms with Crippen molar-refractivity contribution < 1.29 is 4.79 Å². The molecular formula is C22H31BrN4O. The molecule has 1 aliphatic heterocycles. The number of carbonyl (C=O) groups excluding carboxylic acids is 1. The number of rotatable bonds is 4. The Balaban J connectivity index is 1.68. The van der Waals surface area contributed by atoms with Gasteiger partial charge in [-0.1, -0.05) is 13.0 Å². The van der Waals surface area contributed by atoms with E-state index in [-0.39, 0.29) is 12.1 Å². The number of piperidine rings is 1. The molecule has 0 radical (unpaired) electrons. The number of hydrogen-bond donors (Lipinski definition) is 2. The average molecular weight is 447 g/mol. The first-order chi connectivity index (χ1) is 13.5. The summed E-state index contributed by atoms with van der Waals surface area (Å²) in [6.45, 7) is 8.68. The Kier molecular flexibility index (Phi) is 5.45. The first kappa shape index (κ1) is 19.8. The van der Waals surface area contributed by atoms with Crippen LogP contribution in [0.5, 0.6) is 0 Å². The van der Waals surface area contributed by atoms with Gasteiger partial charge in [-0.05, 0) is 78.8 Å². The van der Waals surface area contributed by atoms with E-state index in [0.29, 0.717) is 12.0 Å². The van der Waals surface area contributed by atoms with E-state index in [0.717, 1.165) is 43.5 Å². The van der Waals surface area contributed by atoms with E-state index in [4.69, 9.17) is 0 Å². The summed E-state index contributed by atoms with van der Waals surface area (Å²) in [4.78, 5) is 20.5. The van der Waals surface area contributed by atoms with Crippen molar-refractivity contribution in [1.82, 2.24) is 20.1 Å². The van der Waals surface area contributed by atoms with Crippen LogP contribution in [0.15, 0.2) is 16.7 Å². The van der Waals surface area contributed by atoms with Crippen LogP contribution < -0.4 is 5.32 Å². The number of nitrogens with zero attached hydrogens (tertiary/aromatic N) is 2. The Morgan fingerprint density at radius 3 is 2.75 bits per heavy atom. The van der Waals surface area contributed by atoms with E-state index in [2.05, 4.69) is 57.2 Å². The minimum absolute atomic E-state index is 0.0650. The normalized spacial score (nSPS) is 24.2. The number of aryl methyl sites for hydroxylation is 1. The van der Waals surface area contributed by atoms with Gasteiger partial charge in [0.25, 0.3) is 0 Å². The molecule has 2 amide bonds. The fraction of sp³-hybridized carbons (Fsp3) is 0.591. The summed E-state index contributed by atoms with van der Waals surface area (Å²) in [6.07, 6.45) is 3.09. The summed E-state index contributed by atoms with van der Waals surface area (Å²) < 4.78 is 1.13. The third-order valence-corrected chi connectivity index (χ3v) is 7.39. The Morgan fingerprint density at radius 1 is 1.32 bits per heavy atom. The molecule has 5 nitrogen and oxygen atoms in total. The van der Waals surface area contributed by atoms with Crippen molar-refractivity contribution in [1.29, 1.82) is 0 Å². The van der Waals surface area contributed by atoms with E-state index >= 15 is 0 Å². The molecule has 2 aromatic rings. The van der Waals surface area contributed by atoms with Crippen LogP contribution in [0.3, 0.4) is 0 Å². The molecule has 1 saturated heterocycles. The van der Waals surface area contributed by atoms with Crippen molar-refractivity contribution >= 4 is 32.9 Å². The van der Waals surface area contributed by atoms with Crippen molar-refractivity contribution in [3.05, 3.63) is 33.4 Å². The molecule has 3 atom stereocenters. The Morgan fingerprint density at radius 2 is 2.07 bits per heavy atom. The number of likely N-dealkylation sites (tertiary alicyclic amines) is 1. The smallest absolute Gasteiger partial charge is 0.317 e. The zero-order valence-corrected chi connectivity index (χ0v) is 18.9. The lowest BCUT2D eigenvalue weighted by Gasteiger charge is -2.46. The van der Waals surface area contributed by atoms with Crippen LogP contribution >= 0.6 is 15.9 Å². The topological polar surface area (TPSA) is 51.4 Å². The molecule has 152 valence electrons. The van der Waals surface area contributed by atoms with Crippen LogP contribution in [0.2, 0.25) is 0 Å².